The van der Waals surface area contributed by atoms with Gasteiger partial charge in [0.15, 0.2) is 4.73 Å². The highest BCUT2D eigenvalue weighted by Gasteiger charge is 2.05. The van der Waals surface area contributed by atoms with Crippen molar-refractivity contribution in [2.24, 2.45) is 5.92 Å². The molecular weight excluding hydrogens is 252 g/mol. The summed E-state index contributed by atoms with van der Waals surface area (Å²) in [4.78, 5) is 4.16. The summed E-state index contributed by atoms with van der Waals surface area (Å²) in [5.41, 5.74) is 0. The van der Waals surface area contributed by atoms with Gasteiger partial charge in [0.2, 0.25) is 0 Å². The van der Waals surface area contributed by atoms with Crippen molar-refractivity contribution in [2.75, 3.05) is 0 Å². The minimum absolute atomic E-state index is 0.743. The molecule has 2 nitrogen and oxygen atoms in total. The Morgan fingerprint density at radius 3 is 2.80 bits per heavy atom. The molecule has 1 unspecified atom stereocenters. The van der Waals surface area contributed by atoms with E-state index in [9.17, 15) is 0 Å². The first-order valence-corrected chi connectivity index (χ1v) is 6.70. The van der Waals surface area contributed by atoms with Crippen LogP contribution >= 0.6 is 15.9 Å². The van der Waals surface area contributed by atoms with Crippen LogP contribution in [0.15, 0.2) is 17.1 Å². The Kier molecular flexibility index (Phi) is 5.99. The first-order chi connectivity index (χ1) is 7.24. The van der Waals surface area contributed by atoms with Crippen LogP contribution in [0.1, 0.15) is 46.0 Å². The highest BCUT2D eigenvalue weighted by atomic mass is 79.9. The molecule has 15 heavy (non-hydrogen) atoms. The summed E-state index contributed by atoms with van der Waals surface area (Å²) in [6, 6.07) is 0. The maximum absolute atomic E-state index is 4.16. The third-order valence-corrected chi connectivity index (χ3v) is 3.38. The molecule has 0 aliphatic heterocycles. The molecule has 0 saturated heterocycles. The molecule has 0 saturated carbocycles. The Morgan fingerprint density at radius 1 is 1.40 bits per heavy atom. The van der Waals surface area contributed by atoms with Crippen LogP contribution in [0.4, 0.5) is 0 Å². The predicted octanol–water partition coefficient (Wildman–Crippen LogP) is 4.25. The van der Waals surface area contributed by atoms with E-state index >= 15 is 0 Å². The molecule has 0 amide bonds. The molecule has 0 fully saturated rings. The van der Waals surface area contributed by atoms with Gasteiger partial charge in [0.05, 0.1) is 0 Å². The molecule has 0 spiro atoms. The van der Waals surface area contributed by atoms with Crippen LogP contribution in [0, 0.1) is 5.92 Å². The molecule has 1 atom stereocenters. The van der Waals surface area contributed by atoms with Crippen molar-refractivity contribution in [1.29, 1.82) is 0 Å². The molecule has 3 heteroatoms. The van der Waals surface area contributed by atoms with Crippen LogP contribution in [0.5, 0.6) is 0 Å². The van der Waals surface area contributed by atoms with Crippen molar-refractivity contribution >= 4 is 15.9 Å². The van der Waals surface area contributed by atoms with Crippen molar-refractivity contribution in [2.45, 2.75) is 52.5 Å². The molecule has 1 heterocycles. The number of imidazole rings is 1. The van der Waals surface area contributed by atoms with Crippen LogP contribution in [0.3, 0.4) is 0 Å². The van der Waals surface area contributed by atoms with E-state index in [0.29, 0.717) is 0 Å². The molecular formula is C12H21BrN2. The molecule has 0 aromatic carbocycles. The molecule has 0 radical (unpaired) electrons. The largest absolute Gasteiger partial charge is 0.325 e. The maximum atomic E-state index is 4.16. The highest BCUT2D eigenvalue weighted by molar-refractivity contribution is 9.10. The molecule has 1 aromatic rings. The molecule has 1 aromatic heterocycles. The number of halogens is 1. The van der Waals surface area contributed by atoms with Gasteiger partial charge in [-0.15, -0.1) is 0 Å². The number of hydrogen-bond donors (Lipinski definition) is 0. The van der Waals surface area contributed by atoms with Crippen LogP contribution < -0.4 is 0 Å². The van der Waals surface area contributed by atoms with Crippen molar-refractivity contribution in [3.8, 4) is 0 Å². The summed E-state index contributed by atoms with van der Waals surface area (Å²) >= 11 is 3.44. The van der Waals surface area contributed by atoms with Gasteiger partial charge in [-0.1, -0.05) is 39.5 Å². The van der Waals surface area contributed by atoms with E-state index in [0.717, 1.165) is 17.2 Å². The minimum Gasteiger partial charge on any atom is -0.325 e. The van der Waals surface area contributed by atoms with Gasteiger partial charge in [0.1, 0.15) is 0 Å². The van der Waals surface area contributed by atoms with Gasteiger partial charge in [-0.2, -0.15) is 0 Å². The van der Waals surface area contributed by atoms with Gasteiger partial charge in [0, 0.05) is 18.9 Å². The normalized spacial score (nSPS) is 13.0. The third kappa shape index (κ3) is 4.83. The molecule has 0 N–H and O–H groups in total. The van der Waals surface area contributed by atoms with E-state index < -0.39 is 0 Å². The monoisotopic (exact) mass is 272 g/mol. The zero-order chi connectivity index (χ0) is 11.1. The fourth-order valence-corrected chi connectivity index (χ4v) is 2.18. The topological polar surface area (TPSA) is 17.8 Å². The van der Waals surface area contributed by atoms with E-state index in [-0.39, 0.29) is 0 Å². The fraction of sp³-hybridized carbons (Fsp3) is 0.750. The van der Waals surface area contributed by atoms with E-state index in [1.165, 1.54) is 32.1 Å². The first kappa shape index (κ1) is 12.8. The summed E-state index contributed by atoms with van der Waals surface area (Å²) < 4.78 is 3.12. The quantitative estimate of drug-likeness (QED) is 0.679. The van der Waals surface area contributed by atoms with Crippen molar-refractivity contribution < 1.29 is 0 Å². The average Bonchev–Trinajstić information content (AvgIpc) is 2.59. The summed E-state index contributed by atoms with van der Waals surface area (Å²) in [7, 11) is 0. The zero-order valence-corrected chi connectivity index (χ0v) is 11.3. The molecule has 0 aliphatic rings. The highest BCUT2D eigenvalue weighted by Crippen LogP contribution is 2.15. The van der Waals surface area contributed by atoms with Gasteiger partial charge in [0.25, 0.3) is 0 Å². The van der Waals surface area contributed by atoms with Crippen molar-refractivity contribution in [3.05, 3.63) is 17.1 Å². The Balaban J connectivity index is 2.18. The standard InChI is InChI=1S/C12H21BrN2/c1-3-4-5-6-7-11(2)10-15-9-8-14-12(15)13/h8-9,11H,3-7,10H2,1-2H3. The Morgan fingerprint density at radius 2 is 2.20 bits per heavy atom. The Labute approximate surface area is 101 Å². The first-order valence-electron chi connectivity index (χ1n) is 5.90. The van der Waals surface area contributed by atoms with Crippen LogP contribution in [0.2, 0.25) is 0 Å². The van der Waals surface area contributed by atoms with Crippen molar-refractivity contribution in [1.82, 2.24) is 9.55 Å². The number of hydrogen-bond acceptors (Lipinski definition) is 1. The van der Waals surface area contributed by atoms with Gasteiger partial charge >= 0.3 is 0 Å². The van der Waals surface area contributed by atoms with Gasteiger partial charge < -0.3 is 4.57 Å². The lowest BCUT2D eigenvalue weighted by atomic mass is 10.0. The lowest BCUT2D eigenvalue weighted by Gasteiger charge is -2.12. The molecule has 1 rings (SSSR count). The predicted molar refractivity (Wildman–Crippen MR) is 67.9 cm³/mol. The van der Waals surface area contributed by atoms with E-state index in [1.807, 2.05) is 12.4 Å². The van der Waals surface area contributed by atoms with Crippen LogP contribution in [-0.2, 0) is 6.54 Å². The Hall–Kier alpha value is -0.310. The number of unbranched alkanes of at least 4 members (excludes halogenated alkanes) is 3. The van der Waals surface area contributed by atoms with E-state index in [1.54, 1.807) is 0 Å². The summed E-state index contributed by atoms with van der Waals surface area (Å²) in [6.45, 7) is 5.65. The van der Waals surface area contributed by atoms with Gasteiger partial charge in [-0.05, 0) is 28.3 Å². The van der Waals surface area contributed by atoms with Crippen LogP contribution in [-0.4, -0.2) is 9.55 Å². The van der Waals surface area contributed by atoms with Gasteiger partial charge in [-0.25, -0.2) is 4.98 Å². The lowest BCUT2D eigenvalue weighted by molar-refractivity contribution is 0.423. The number of rotatable bonds is 7. The SMILES string of the molecule is CCCCCCC(C)Cn1ccnc1Br. The molecule has 0 bridgehead atoms. The lowest BCUT2D eigenvalue weighted by Crippen LogP contribution is -2.07. The summed E-state index contributed by atoms with van der Waals surface area (Å²) in [6.07, 6.45) is 10.6. The van der Waals surface area contributed by atoms with E-state index in [2.05, 4.69) is 39.3 Å². The molecule has 86 valence electrons. The second-order valence-corrected chi connectivity index (χ2v) is 5.01. The maximum Gasteiger partial charge on any atom is 0.177 e. The summed E-state index contributed by atoms with van der Waals surface area (Å²) in [5, 5.41) is 0. The Bertz CT molecular complexity index is 270. The number of aromatic nitrogens is 2. The van der Waals surface area contributed by atoms with Gasteiger partial charge in [-0.3, -0.25) is 0 Å². The van der Waals surface area contributed by atoms with Crippen molar-refractivity contribution in [3.63, 3.8) is 0 Å². The zero-order valence-electron chi connectivity index (χ0n) is 9.75. The minimum atomic E-state index is 0.743. The van der Waals surface area contributed by atoms with Crippen LogP contribution in [0.25, 0.3) is 0 Å². The fourth-order valence-electron chi connectivity index (χ4n) is 1.79. The second-order valence-electron chi connectivity index (χ2n) is 4.30. The number of nitrogens with zero attached hydrogens (tertiary/aromatic N) is 2. The molecule has 0 aliphatic carbocycles. The average molecular weight is 273 g/mol. The van der Waals surface area contributed by atoms with E-state index in [4.69, 9.17) is 0 Å². The third-order valence-electron chi connectivity index (χ3n) is 2.72. The smallest absolute Gasteiger partial charge is 0.177 e. The second kappa shape index (κ2) is 7.04. The summed E-state index contributed by atoms with van der Waals surface area (Å²) in [5.74, 6) is 0.743.